The van der Waals surface area contributed by atoms with Gasteiger partial charge >= 0.3 is 6.18 Å². The molecule has 13 heteroatoms. The molecule has 9 nitrogen and oxygen atoms in total. The van der Waals surface area contributed by atoms with Gasteiger partial charge in [-0.1, -0.05) is 6.92 Å². The van der Waals surface area contributed by atoms with Crippen LogP contribution in [-0.2, 0) is 15.8 Å². The summed E-state index contributed by atoms with van der Waals surface area (Å²) in [7, 11) is -1.25. The third-order valence-corrected chi connectivity index (χ3v) is 6.70. The number of hydrogen-bond acceptors (Lipinski definition) is 7. The quantitative estimate of drug-likeness (QED) is 0.410. The maximum absolute atomic E-state index is 12.9. The Morgan fingerprint density at radius 3 is 2.64 bits per heavy atom. The summed E-state index contributed by atoms with van der Waals surface area (Å²) < 4.78 is 56.8. The zero-order valence-electron chi connectivity index (χ0n) is 19.2. The molecule has 0 aromatic carbocycles. The Bertz CT molecular complexity index is 1240. The number of pyridine rings is 2. The number of hydrogen-bond donors (Lipinski definition) is 2. The molecule has 1 fully saturated rings. The fourth-order valence-electron chi connectivity index (χ4n) is 3.27. The van der Waals surface area contributed by atoms with Crippen molar-refractivity contribution in [2.75, 3.05) is 16.6 Å². The molecule has 1 amide bonds. The molecule has 190 valence electrons. The lowest BCUT2D eigenvalue weighted by molar-refractivity contribution is -0.153. The summed E-state index contributed by atoms with van der Waals surface area (Å²) in [5, 5.41) is 2.86. The van der Waals surface area contributed by atoms with Gasteiger partial charge in [0, 0.05) is 29.7 Å². The van der Waals surface area contributed by atoms with Gasteiger partial charge in [-0.3, -0.25) is 14.5 Å². The normalized spacial score (nSPS) is 15.1. The molecule has 3 aromatic heterocycles. The van der Waals surface area contributed by atoms with E-state index in [9.17, 15) is 22.2 Å². The standard InChI is InChI=1S/C23H23F3N6O3S/c1-2-18(19-7-8-28-22(30-19)32-36(34)17-4-5-17)21(33)31-20-6-3-14(11-29-20)15-9-16(12-27-10-15)35-13-23(24,25)26/h3,6-12,17-18H,2,4-5,13H2,1H3,(H,28,30,32)(H,29,31,33). The van der Waals surface area contributed by atoms with Crippen molar-refractivity contribution in [2.45, 2.75) is 43.5 Å². The summed E-state index contributed by atoms with van der Waals surface area (Å²) in [6.07, 6.45) is 3.46. The van der Waals surface area contributed by atoms with Crippen LogP contribution in [0.5, 0.6) is 5.75 Å². The Labute approximate surface area is 207 Å². The molecule has 3 aromatic rings. The monoisotopic (exact) mass is 520 g/mol. The minimum Gasteiger partial charge on any atom is -0.482 e. The van der Waals surface area contributed by atoms with Crippen molar-refractivity contribution in [1.29, 1.82) is 0 Å². The molecule has 0 radical (unpaired) electrons. The van der Waals surface area contributed by atoms with E-state index in [2.05, 4.69) is 30.0 Å². The summed E-state index contributed by atoms with van der Waals surface area (Å²) in [6.45, 7) is 0.432. The van der Waals surface area contributed by atoms with Gasteiger partial charge in [0.1, 0.15) is 22.6 Å². The second kappa shape index (κ2) is 11.0. The number of alkyl halides is 3. The predicted molar refractivity (Wildman–Crippen MR) is 127 cm³/mol. The number of nitrogens with zero attached hydrogens (tertiary/aromatic N) is 4. The highest BCUT2D eigenvalue weighted by atomic mass is 32.2. The molecule has 1 saturated carbocycles. The molecule has 0 bridgehead atoms. The highest BCUT2D eigenvalue weighted by molar-refractivity contribution is 7.87. The number of carbonyl (C=O) groups excluding carboxylic acids is 1. The average molecular weight is 521 g/mol. The minimum atomic E-state index is -4.45. The van der Waals surface area contributed by atoms with Gasteiger partial charge in [-0.05, 0) is 43.5 Å². The maximum atomic E-state index is 12.9. The minimum absolute atomic E-state index is 0.0207. The largest absolute Gasteiger partial charge is 0.482 e. The number of amides is 1. The van der Waals surface area contributed by atoms with Crippen LogP contribution in [0.3, 0.4) is 0 Å². The van der Waals surface area contributed by atoms with Gasteiger partial charge in [0.15, 0.2) is 6.61 Å². The predicted octanol–water partition coefficient (Wildman–Crippen LogP) is 4.25. The van der Waals surface area contributed by atoms with Gasteiger partial charge in [-0.15, -0.1) is 0 Å². The molecular weight excluding hydrogens is 497 g/mol. The first-order valence-corrected chi connectivity index (χ1v) is 12.3. The van der Waals surface area contributed by atoms with E-state index in [-0.39, 0.29) is 22.9 Å². The molecule has 2 N–H and O–H groups in total. The summed E-state index contributed by atoms with van der Waals surface area (Å²) in [6, 6.07) is 6.30. The summed E-state index contributed by atoms with van der Waals surface area (Å²) in [4.78, 5) is 29.5. The van der Waals surface area contributed by atoms with Gasteiger partial charge in [-0.25, -0.2) is 19.2 Å². The topological polar surface area (TPSA) is 119 Å². The Balaban J connectivity index is 1.41. The van der Waals surface area contributed by atoms with Crippen LogP contribution >= 0.6 is 0 Å². The zero-order valence-corrected chi connectivity index (χ0v) is 20.0. The van der Waals surface area contributed by atoms with Gasteiger partial charge < -0.3 is 10.1 Å². The average Bonchev–Trinajstić information content (AvgIpc) is 3.70. The van der Waals surface area contributed by atoms with Crippen LogP contribution in [0.15, 0.2) is 49.1 Å². The molecule has 4 rings (SSSR count). The molecular formula is C23H23F3N6O3S. The van der Waals surface area contributed by atoms with Crippen LogP contribution in [0.25, 0.3) is 11.1 Å². The first-order chi connectivity index (χ1) is 17.2. The Kier molecular flexibility index (Phi) is 7.77. The Hall–Kier alpha value is -3.61. The van der Waals surface area contributed by atoms with E-state index in [0.717, 1.165) is 12.8 Å². The number of halogens is 3. The SMILES string of the molecule is CCC(C(=O)Nc1ccc(-c2cncc(OCC(F)(F)F)c2)cn1)c1ccnc(NS(=O)C2CC2)n1. The zero-order chi connectivity index (χ0) is 25.7. The fraction of sp³-hybridized carbons (Fsp3) is 0.348. The van der Waals surface area contributed by atoms with Crippen LogP contribution in [0, 0.1) is 0 Å². The van der Waals surface area contributed by atoms with Crippen molar-refractivity contribution >= 4 is 28.7 Å². The van der Waals surface area contributed by atoms with E-state index in [1.807, 2.05) is 6.92 Å². The first-order valence-electron chi connectivity index (χ1n) is 11.1. The lowest BCUT2D eigenvalue weighted by Gasteiger charge is -2.15. The molecule has 0 spiro atoms. The second-order valence-corrected chi connectivity index (χ2v) is 9.56. The molecule has 2 unspecified atom stereocenters. The highest BCUT2D eigenvalue weighted by Gasteiger charge is 2.30. The van der Waals surface area contributed by atoms with Gasteiger partial charge in [0.05, 0.1) is 23.1 Å². The van der Waals surface area contributed by atoms with Crippen LogP contribution in [-0.4, -0.2) is 48.1 Å². The van der Waals surface area contributed by atoms with E-state index < -0.39 is 29.7 Å². The number of anilines is 2. The number of rotatable bonds is 10. The van der Waals surface area contributed by atoms with E-state index in [1.165, 1.54) is 30.9 Å². The van der Waals surface area contributed by atoms with Gasteiger partial charge in [0.25, 0.3) is 0 Å². The highest BCUT2D eigenvalue weighted by Crippen LogP contribution is 2.27. The molecule has 36 heavy (non-hydrogen) atoms. The number of aromatic nitrogens is 4. The lowest BCUT2D eigenvalue weighted by atomic mass is 10.0. The van der Waals surface area contributed by atoms with Crippen molar-refractivity contribution in [3.05, 3.63) is 54.7 Å². The third kappa shape index (κ3) is 6.97. The van der Waals surface area contributed by atoms with Crippen LogP contribution < -0.4 is 14.8 Å². The fourth-order valence-corrected chi connectivity index (χ4v) is 4.28. The Morgan fingerprint density at radius 2 is 1.97 bits per heavy atom. The second-order valence-electron chi connectivity index (χ2n) is 8.10. The lowest BCUT2D eigenvalue weighted by Crippen LogP contribution is -2.22. The summed E-state index contributed by atoms with van der Waals surface area (Å²) in [5.74, 6) is -0.429. The van der Waals surface area contributed by atoms with Gasteiger partial charge in [0.2, 0.25) is 11.9 Å². The van der Waals surface area contributed by atoms with E-state index >= 15 is 0 Å². The molecule has 1 aliphatic rings. The molecule has 3 heterocycles. The van der Waals surface area contributed by atoms with Crippen LogP contribution in [0.4, 0.5) is 24.9 Å². The number of carbonyl (C=O) groups is 1. The number of ether oxygens (including phenoxy) is 1. The third-order valence-electron chi connectivity index (χ3n) is 5.24. The first kappa shape index (κ1) is 25.5. The number of nitrogens with one attached hydrogen (secondary N) is 2. The van der Waals surface area contributed by atoms with Crippen molar-refractivity contribution < 1.29 is 26.9 Å². The van der Waals surface area contributed by atoms with E-state index in [4.69, 9.17) is 4.74 Å². The van der Waals surface area contributed by atoms with Crippen LogP contribution in [0.2, 0.25) is 0 Å². The molecule has 0 saturated heterocycles. The van der Waals surface area contributed by atoms with Crippen molar-refractivity contribution in [1.82, 2.24) is 19.9 Å². The summed E-state index contributed by atoms with van der Waals surface area (Å²) in [5.41, 5.74) is 1.58. The molecule has 1 aliphatic carbocycles. The Morgan fingerprint density at radius 1 is 1.17 bits per heavy atom. The maximum Gasteiger partial charge on any atom is 0.422 e. The van der Waals surface area contributed by atoms with Gasteiger partial charge in [-0.2, -0.15) is 13.2 Å². The van der Waals surface area contributed by atoms with Crippen molar-refractivity contribution in [3.8, 4) is 16.9 Å². The van der Waals surface area contributed by atoms with E-state index in [1.54, 1.807) is 18.2 Å². The van der Waals surface area contributed by atoms with E-state index in [0.29, 0.717) is 29.1 Å². The van der Waals surface area contributed by atoms with Crippen molar-refractivity contribution in [2.24, 2.45) is 0 Å². The van der Waals surface area contributed by atoms with Crippen molar-refractivity contribution in [3.63, 3.8) is 0 Å². The van der Waals surface area contributed by atoms with Crippen LogP contribution in [0.1, 0.15) is 37.8 Å². The smallest absolute Gasteiger partial charge is 0.422 e. The molecule has 2 atom stereocenters. The molecule has 0 aliphatic heterocycles. The summed E-state index contributed by atoms with van der Waals surface area (Å²) >= 11 is 0.